The molecule has 1 atom stereocenters. The molecule has 2 nitrogen and oxygen atoms in total. The molecule has 70 valence electrons. The summed E-state index contributed by atoms with van der Waals surface area (Å²) in [4.78, 5) is 10.6. The quantitative estimate of drug-likeness (QED) is 0.350. The zero-order chi connectivity index (χ0) is 10.1. The minimum Gasteiger partial charge on any atom is -0.297 e. The van der Waals surface area contributed by atoms with E-state index < -0.39 is 0 Å². The Morgan fingerprint density at radius 2 is 2.31 bits per heavy atom. The summed E-state index contributed by atoms with van der Waals surface area (Å²) < 4.78 is 0. The van der Waals surface area contributed by atoms with E-state index in [4.69, 9.17) is 5.26 Å². The van der Waals surface area contributed by atoms with Gasteiger partial charge in [0.1, 0.15) is 6.07 Å². The third kappa shape index (κ3) is 1.98. The molecule has 1 saturated carbocycles. The lowest BCUT2D eigenvalue weighted by molar-refractivity contribution is -0.104. The third-order valence-corrected chi connectivity index (χ3v) is 2.71. The molecule has 1 rings (SSSR count). The largest absolute Gasteiger partial charge is 0.297 e. The lowest BCUT2D eigenvalue weighted by Gasteiger charge is -2.14. The van der Waals surface area contributed by atoms with Gasteiger partial charge < -0.3 is 0 Å². The Balaban J connectivity index is 3.03. The summed E-state index contributed by atoms with van der Waals surface area (Å²) in [5.41, 5.74) is 1.64. The van der Waals surface area contributed by atoms with Crippen LogP contribution in [0, 0.1) is 22.7 Å². The molecule has 0 spiro atoms. The topological polar surface area (TPSA) is 40.9 Å². The maximum absolute atomic E-state index is 10.6. The van der Waals surface area contributed by atoms with E-state index in [0.717, 1.165) is 18.4 Å². The highest BCUT2D eigenvalue weighted by Gasteiger charge is 2.34. The lowest BCUT2D eigenvalue weighted by Crippen LogP contribution is -2.03. The Kier molecular flexibility index (Phi) is 2.56. The fraction of sp³-hybridized carbons (Fsp3) is 0.636. The van der Waals surface area contributed by atoms with Crippen molar-refractivity contribution in [2.45, 2.75) is 33.6 Å². The molecule has 1 unspecified atom stereocenters. The van der Waals surface area contributed by atoms with Crippen LogP contribution in [0.15, 0.2) is 11.1 Å². The smallest absolute Gasteiger partial charge is 0.160 e. The van der Waals surface area contributed by atoms with E-state index in [-0.39, 0.29) is 5.41 Å². The van der Waals surface area contributed by atoms with Gasteiger partial charge in [-0.15, -0.1) is 0 Å². The highest BCUT2D eigenvalue weighted by molar-refractivity contribution is 5.80. The Bertz CT molecular complexity index is 294. The third-order valence-electron chi connectivity index (χ3n) is 2.71. The van der Waals surface area contributed by atoms with Crippen LogP contribution in [0.25, 0.3) is 0 Å². The number of allylic oxidation sites excluding steroid dienone is 2. The standard InChI is InChI=1S/C11H15NO/c1-8-4-11(2,3)5-10(8)9(6-12)7-13/h7-8H,4-5H2,1-3H3/b10-9+. The molecule has 0 radical (unpaired) electrons. The maximum atomic E-state index is 10.6. The molecule has 0 aromatic rings. The molecule has 0 saturated heterocycles. The van der Waals surface area contributed by atoms with Crippen molar-refractivity contribution in [2.75, 3.05) is 0 Å². The summed E-state index contributed by atoms with van der Waals surface area (Å²) in [6, 6.07) is 1.97. The zero-order valence-electron chi connectivity index (χ0n) is 8.42. The van der Waals surface area contributed by atoms with Gasteiger partial charge in [0.05, 0.1) is 5.57 Å². The number of hydrogen-bond acceptors (Lipinski definition) is 2. The van der Waals surface area contributed by atoms with Crippen LogP contribution in [-0.2, 0) is 4.79 Å². The number of carbonyl (C=O) groups is 1. The van der Waals surface area contributed by atoms with Gasteiger partial charge in [-0.3, -0.25) is 4.79 Å². The van der Waals surface area contributed by atoms with E-state index >= 15 is 0 Å². The van der Waals surface area contributed by atoms with Gasteiger partial charge in [0.2, 0.25) is 0 Å². The van der Waals surface area contributed by atoms with E-state index in [2.05, 4.69) is 20.8 Å². The van der Waals surface area contributed by atoms with Crippen LogP contribution >= 0.6 is 0 Å². The van der Waals surface area contributed by atoms with E-state index in [9.17, 15) is 4.79 Å². The number of hydrogen-bond donors (Lipinski definition) is 0. The molecule has 2 heteroatoms. The van der Waals surface area contributed by atoms with E-state index in [0.29, 0.717) is 17.8 Å². The first-order valence-corrected chi connectivity index (χ1v) is 4.58. The van der Waals surface area contributed by atoms with Crippen molar-refractivity contribution in [3.8, 4) is 6.07 Å². The zero-order valence-corrected chi connectivity index (χ0v) is 8.42. The summed E-state index contributed by atoms with van der Waals surface area (Å²) >= 11 is 0. The number of nitriles is 1. The second kappa shape index (κ2) is 3.33. The Morgan fingerprint density at radius 3 is 2.62 bits per heavy atom. The molecular weight excluding hydrogens is 162 g/mol. The monoisotopic (exact) mass is 177 g/mol. The van der Waals surface area contributed by atoms with Gasteiger partial charge in [0, 0.05) is 0 Å². The molecule has 0 aromatic carbocycles. The minimum absolute atomic E-state index is 0.250. The number of carbonyl (C=O) groups excluding carboxylic acids is 1. The molecular formula is C11H15NO. The molecule has 0 bridgehead atoms. The summed E-state index contributed by atoms with van der Waals surface area (Å²) in [6.07, 6.45) is 2.64. The lowest BCUT2D eigenvalue weighted by atomic mass is 9.91. The molecule has 1 aliphatic carbocycles. The molecule has 0 heterocycles. The first-order chi connectivity index (χ1) is 6.00. The van der Waals surface area contributed by atoms with Gasteiger partial charge in [-0.1, -0.05) is 20.8 Å². The first kappa shape index (κ1) is 9.98. The molecule has 0 N–H and O–H groups in total. The van der Waals surface area contributed by atoms with Crippen LogP contribution < -0.4 is 0 Å². The van der Waals surface area contributed by atoms with Gasteiger partial charge in [-0.2, -0.15) is 5.26 Å². The van der Waals surface area contributed by atoms with Crippen LogP contribution in [0.3, 0.4) is 0 Å². The molecule has 0 aliphatic heterocycles. The minimum atomic E-state index is 0.250. The first-order valence-electron chi connectivity index (χ1n) is 4.58. The second-order valence-electron chi connectivity index (χ2n) is 4.61. The second-order valence-corrected chi connectivity index (χ2v) is 4.61. The number of nitrogens with zero attached hydrogens (tertiary/aromatic N) is 1. The number of aldehydes is 1. The Morgan fingerprint density at radius 1 is 1.69 bits per heavy atom. The molecule has 1 aliphatic rings. The highest BCUT2D eigenvalue weighted by Crippen LogP contribution is 2.45. The number of rotatable bonds is 1. The van der Waals surface area contributed by atoms with E-state index in [1.54, 1.807) is 0 Å². The fourth-order valence-corrected chi connectivity index (χ4v) is 2.25. The van der Waals surface area contributed by atoms with Gasteiger partial charge in [0.15, 0.2) is 6.29 Å². The normalized spacial score (nSPS) is 29.5. The van der Waals surface area contributed by atoms with Crippen molar-refractivity contribution in [3.05, 3.63) is 11.1 Å². The van der Waals surface area contributed by atoms with Crippen LogP contribution in [0.4, 0.5) is 0 Å². The van der Waals surface area contributed by atoms with Crippen molar-refractivity contribution in [2.24, 2.45) is 11.3 Å². The van der Waals surface area contributed by atoms with Crippen LogP contribution in [-0.4, -0.2) is 6.29 Å². The van der Waals surface area contributed by atoms with Gasteiger partial charge in [-0.05, 0) is 29.7 Å². The average Bonchev–Trinajstić information content (AvgIpc) is 2.28. The van der Waals surface area contributed by atoms with Crippen molar-refractivity contribution < 1.29 is 4.79 Å². The van der Waals surface area contributed by atoms with E-state index in [1.165, 1.54) is 0 Å². The Hall–Kier alpha value is -1.10. The van der Waals surface area contributed by atoms with Gasteiger partial charge >= 0.3 is 0 Å². The van der Waals surface area contributed by atoms with Crippen molar-refractivity contribution in [1.29, 1.82) is 5.26 Å². The summed E-state index contributed by atoms with van der Waals surface area (Å²) in [7, 11) is 0. The van der Waals surface area contributed by atoms with Gasteiger partial charge in [-0.25, -0.2) is 0 Å². The van der Waals surface area contributed by atoms with Crippen LogP contribution in [0.1, 0.15) is 33.6 Å². The molecule has 0 amide bonds. The molecule has 1 fully saturated rings. The van der Waals surface area contributed by atoms with Crippen LogP contribution in [0.2, 0.25) is 0 Å². The fourth-order valence-electron chi connectivity index (χ4n) is 2.25. The SMILES string of the molecule is CC1CC(C)(C)C/C1=C(/C#N)C=O. The molecule has 13 heavy (non-hydrogen) atoms. The van der Waals surface area contributed by atoms with E-state index in [1.807, 2.05) is 6.07 Å². The van der Waals surface area contributed by atoms with Crippen molar-refractivity contribution in [1.82, 2.24) is 0 Å². The summed E-state index contributed by atoms with van der Waals surface area (Å²) in [6.45, 7) is 6.44. The Labute approximate surface area is 79.2 Å². The van der Waals surface area contributed by atoms with Gasteiger partial charge in [0.25, 0.3) is 0 Å². The summed E-state index contributed by atoms with van der Waals surface area (Å²) in [5, 5.41) is 8.74. The predicted molar refractivity (Wildman–Crippen MR) is 50.9 cm³/mol. The van der Waals surface area contributed by atoms with Crippen molar-refractivity contribution in [3.63, 3.8) is 0 Å². The molecule has 0 aromatic heterocycles. The maximum Gasteiger partial charge on any atom is 0.160 e. The van der Waals surface area contributed by atoms with Crippen LogP contribution in [0.5, 0.6) is 0 Å². The van der Waals surface area contributed by atoms with Crippen molar-refractivity contribution >= 4 is 6.29 Å². The highest BCUT2D eigenvalue weighted by atomic mass is 16.1. The summed E-state index contributed by atoms with van der Waals surface area (Å²) in [5.74, 6) is 0.384. The predicted octanol–water partition coefficient (Wildman–Crippen LogP) is 2.46. The average molecular weight is 177 g/mol.